The van der Waals surface area contributed by atoms with Crippen LogP contribution in [0.5, 0.6) is 0 Å². The van der Waals surface area contributed by atoms with E-state index in [4.69, 9.17) is 0 Å². The third-order valence-corrected chi connectivity index (χ3v) is 8.83. The number of hydrogen-bond donors (Lipinski definition) is 0. The fraction of sp³-hybridized carbons (Fsp3) is 0. The third-order valence-electron chi connectivity index (χ3n) is 8.83. The molecule has 8 aromatic carbocycles. The van der Waals surface area contributed by atoms with Crippen LogP contribution in [0.15, 0.2) is 200 Å². The molecule has 0 aliphatic rings. The second kappa shape index (κ2) is 12.7. The van der Waals surface area contributed by atoms with E-state index < -0.39 is 0 Å². The van der Waals surface area contributed by atoms with Crippen LogP contribution in [0.3, 0.4) is 0 Å². The molecule has 0 radical (unpaired) electrons. The first kappa shape index (κ1) is 28.3. The molecule has 1 nitrogen and oxygen atoms in total. The molecule has 0 N–H and O–H groups in total. The van der Waals surface area contributed by atoms with Gasteiger partial charge in [0.15, 0.2) is 0 Å². The molecule has 0 amide bonds. The van der Waals surface area contributed by atoms with Gasteiger partial charge in [-0.25, -0.2) is 0 Å². The Hall–Kier alpha value is -6.18. The molecular formula is C46H33N. The predicted octanol–water partition coefficient (Wildman–Crippen LogP) is 13.0. The van der Waals surface area contributed by atoms with Gasteiger partial charge in [0.25, 0.3) is 0 Å². The van der Waals surface area contributed by atoms with Gasteiger partial charge in [-0.15, -0.1) is 0 Å². The summed E-state index contributed by atoms with van der Waals surface area (Å²) in [6, 6.07) is 71.8. The minimum atomic E-state index is 1.11. The predicted molar refractivity (Wildman–Crippen MR) is 200 cm³/mol. The van der Waals surface area contributed by atoms with Gasteiger partial charge in [0.1, 0.15) is 0 Å². The number of para-hydroxylation sites is 2. The zero-order valence-corrected chi connectivity index (χ0v) is 26.0. The summed E-state index contributed by atoms with van der Waals surface area (Å²) in [6.45, 7) is 0. The van der Waals surface area contributed by atoms with Gasteiger partial charge in [0, 0.05) is 17.1 Å². The van der Waals surface area contributed by atoms with Crippen molar-refractivity contribution < 1.29 is 0 Å². The minimum absolute atomic E-state index is 1.11. The molecule has 0 aliphatic heterocycles. The molecule has 8 aromatic rings. The average Bonchev–Trinajstić information content (AvgIpc) is 3.16. The molecule has 8 rings (SSSR count). The fourth-order valence-corrected chi connectivity index (χ4v) is 6.81. The van der Waals surface area contributed by atoms with Gasteiger partial charge in [-0.1, -0.05) is 164 Å². The molecule has 222 valence electrons. The van der Waals surface area contributed by atoms with Gasteiger partial charge in [-0.3, -0.25) is 0 Å². The van der Waals surface area contributed by atoms with Crippen LogP contribution in [-0.4, -0.2) is 0 Å². The molecule has 0 aliphatic carbocycles. The van der Waals surface area contributed by atoms with Crippen molar-refractivity contribution in [1.82, 2.24) is 0 Å². The number of anilines is 3. The van der Waals surface area contributed by atoms with Crippen LogP contribution in [0.1, 0.15) is 0 Å². The van der Waals surface area contributed by atoms with Gasteiger partial charge in [-0.05, 0) is 91.7 Å². The quantitative estimate of drug-likeness (QED) is 0.176. The number of fused-ring (bicyclic) bond motifs is 1. The van der Waals surface area contributed by atoms with E-state index in [9.17, 15) is 0 Å². The molecule has 0 saturated heterocycles. The summed E-state index contributed by atoms with van der Waals surface area (Å²) in [7, 11) is 0. The molecule has 0 saturated carbocycles. The Morgan fingerprint density at radius 3 is 0.936 bits per heavy atom. The third kappa shape index (κ3) is 5.39. The zero-order chi connectivity index (χ0) is 31.4. The SMILES string of the molecule is c1ccc(-c2c(-c3ccccc3)c(-c3ccccc3)c3cc(N(c4ccccc4)c4ccccc4)ccc3c2-c2ccccc2)cc1. The van der Waals surface area contributed by atoms with E-state index in [1.807, 2.05) is 0 Å². The molecule has 0 bridgehead atoms. The first-order chi connectivity index (χ1) is 23.4. The van der Waals surface area contributed by atoms with Gasteiger partial charge in [0.05, 0.1) is 0 Å². The van der Waals surface area contributed by atoms with Crippen molar-refractivity contribution in [2.75, 3.05) is 4.90 Å². The number of hydrogen-bond acceptors (Lipinski definition) is 1. The molecule has 0 unspecified atom stereocenters. The number of nitrogens with zero attached hydrogens (tertiary/aromatic N) is 1. The van der Waals surface area contributed by atoms with Crippen LogP contribution in [0, 0.1) is 0 Å². The molecular weight excluding hydrogens is 567 g/mol. The Morgan fingerprint density at radius 1 is 0.234 bits per heavy atom. The van der Waals surface area contributed by atoms with Gasteiger partial charge >= 0.3 is 0 Å². The van der Waals surface area contributed by atoms with Crippen LogP contribution in [0.25, 0.3) is 55.3 Å². The standard InChI is InChI=1S/C46H33N/c1-7-19-34(20-8-1)43-41-32-31-40(47(38-27-15-5-16-28-38)39-29-17-6-18-30-39)33-42(41)44(35-21-9-2-10-22-35)46(37-25-13-4-14-26-37)45(43)36-23-11-3-12-24-36/h1-33H. The van der Waals surface area contributed by atoms with Crippen LogP contribution in [0.2, 0.25) is 0 Å². The van der Waals surface area contributed by atoms with Crippen molar-refractivity contribution in [3.05, 3.63) is 200 Å². The highest BCUT2D eigenvalue weighted by molar-refractivity contribution is 6.19. The van der Waals surface area contributed by atoms with Gasteiger partial charge in [0.2, 0.25) is 0 Å². The van der Waals surface area contributed by atoms with E-state index in [0.29, 0.717) is 0 Å². The van der Waals surface area contributed by atoms with Crippen molar-refractivity contribution in [3.63, 3.8) is 0 Å². The Labute approximate surface area is 276 Å². The average molecular weight is 600 g/mol. The van der Waals surface area contributed by atoms with Crippen molar-refractivity contribution in [2.24, 2.45) is 0 Å². The summed E-state index contributed by atoms with van der Waals surface area (Å²) in [5.74, 6) is 0. The van der Waals surface area contributed by atoms with E-state index in [2.05, 4.69) is 205 Å². The fourth-order valence-electron chi connectivity index (χ4n) is 6.81. The number of rotatable bonds is 7. The maximum atomic E-state index is 2.39. The Kier molecular flexibility index (Phi) is 7.63. The normalized spacial score (nSPS) is 11.0. The summed E-state index contributed by atoms with van der Waals surface area (Å²) in [6.07, 6.45) is 0. The van der Waals surface area contributed by atoms with Crippen molar-refractivity contribution in [3.8, 4) is 44.5 Å². The molecule has 0 heterocycles. The van der Waals surface area contributed by atoms with E-state index in [1.165, 1.54) is 55.3 Å². The maximum absolute atomic E-state index is 2.39. The second-order valence-corrected chi connectivity index (χ2v) is 11.7. The minimum Gasteiger partial charge on any atom is -0.310 e. The maximum Gasteiger partial charge on any atom is 0.0468 e. The topological polar surface area (TPSA) is 3.24 Å². The van der Waals surface area contributed by atoms with Crippen molar-refractivity contribution in [1.29, 1.82) is 0 Å². The molecule has 0 fully saturated rings. The lowest BCUT2D eigenvalue weighted by Crippen LogP contribution is -2.09. The van der Waals surface area contributed by atoms with E-state index in [1.54, 1.807) is 0 Å². The second-order valence-electron chi connectivity index (χ2n) is 11.7. The highest BCUT2D eigenvalue weighted by Gasteiger charge is 2.25. The van der Waals surface area contributed by atoms with E-state index in [-0.39, 0.29) is 0 Å². The summed E-state index contributed by atoms with van der Waals surface area (Å²) in [5, 5.41) is 2.43. The first-order valence-corrected chi connectivity index (χ1v) is 16.1. The Bertz CT molecular complexity index is 2210. The molecule has 0 spiro atoms. The molecule has 1 heteroatoms. The summed E-state index contributed by atoms with van der Waals surface area (Å²) >= 11 is 0. The van der Waals surface area contributed by atoms with Crippen LogP contribution >= 0.6 is 0 Å². The lowest BCUT2D eigenvalue weighted by Gasteiger charge is -2.28. The Morgan fingerprint density at radius 2 is 0.553 bits per heavy atom. The molecule has 47 heavy (non-hydrogen) atoms. The highest BCUT2D eigenvalue weighted by Crippen LogP contribution is 2.52. The summed E-state index contributed by atoms with van der Waals surface area (Å²) in [4.78, 5) is 2.35. The van der Waals surface area contributed by atoms with Gasteiger partial charge < -0.3 is 4.90 Å². The van der Waals surface area contributed by atoms with E-state index >= 15 is 0 Å². The molecule has 0 aromatic heterocycles. The van der Waals surface area contributed by atoms with Crippen molar-refractivity contribution in [2.45, 2.75) is 0 Å². The van der Waals surface area contributed by atoms with Crippen LogP contribution in [-0.2, 0) is 0 Å². The number of benzene rings is 8. The first-order valence-electron chi connectivity index (χ1n) is 16.1. The zero-order valence-electron chi connectivity index (χ0n) is 26.0. The largest absolute Gasteiger partial charge is 0.310 e. The van der Waals surface area contributed by atoms with Crippen molar-refractivity contribution >= 4 is 27.8 Å². The summed E-state index contributed by atoms with van der Waals surface area (Å²) < 4.78 is 0. The Balaban J connectivity index is 1.56. The van der Waals surface area contributed by atoms with Gasteiger partial charge in [-0.2, -0.15) is 0 Å². The molecule has 0 atom stereocenters. The highest BCUT2D eigenvalue weighted by atomic mass is 15.1. The smallest absolute Gasteiger partial charge is 0.0468 e. The lowest BCUT2D eigenvalue weighted by atomic mass is 9.79. The summed E-state index contributed by atoms with van der Waals surface area (Å²) in [5.41, 5.74) is 13.1. The lowest BCUT2D eigenvalue weighted by molar-refractivity contribution is 1.29. The van der Waals surface area contributed by atoms with Crippen LogP contribution < -0.4 is 4.90 Å². The monoisotopic (exact) mass is 599 g/mol. The van der Waals surface area contributed by atoms with Crippen LogP contribution in [0.4, 0.5) is 17.1 Å². The van der Waals surface area contributed by atoms with E-state index in [0.717, 1.165) is 17.1 Å².